The first-order valence-electron chi connectivity index (χ1n) is 6.81. The maximum Gasteiger partial charge on any atom is 0.151 e. The molecule has 1 aliphatic rings. The second-order valence-electron chi connectivity index (χ2n) is 5.16. The zero-order chi connectivity index (χ0) is 13.9. The van der Waals surface area contributed by atoms with Gasteiger partial charge in [-0.3, -0.25) is 4.90 Å². The molecule has 0 aliphatic carbocycles. The second-order valence-corrected chi connectivity index (χ2v) is 7.47. The Kier molecular flexibility index (Phi) is 4.47. The quantitative estimate of drug-likeness (QED) is 0.830. The van der Waals surface area contributed by atoms with Crippen LogP contribution in [0.25, 0.3) is 0 Å². The highest BCUT2D eigenvalue weighted by Gasteiger charge is 2.19. The number of hydrogen-bond donors (Lipinski definition) is 1. The van der Waals surface area contributed by atoms with E-state index in [1.165, 1.54) is 11.1 Å². The van der Waals surface area contributed by atoms with Crippen LogP contribution in [-0.4, -0.2) is 37.9 Å². The fourth-order valence-corrected chi connectivity index (χ4v) is 3.93. The summed E-state index contributed by atoms with van der Waals surface area (Å²) in [5, 5.41) is 0. The predicted octanol–water partition coefficient (Wildman–Crippen LogP) is 1.45. The molecule has 0 aromatic heterocycles. The summed E-state index contributed by atoms with van der Waals surface area (Å²) in [7, 11) is -2.88. The van der Waals surface area contributed by atoms with E-state index in [2.05, 4.69) is 11.0 Å². The number of nitrogens with zero attached hydrogens (tertiary/aromatic N) is 1. The molecule has 2 rings (SSSR count). The van der Waals surface area contributed by atoms with Crippen molar-refractivity contribution in [2.24, 2.45) is 0 Å². The molecule has 4 nitrogen and oxygen atoms in total. The van der Waals surface area contributed by atoms with Crippen molar-refractivity contribution in [3.05, 3.63) is 29.3 Å². The van der Waals surface area contributed by atoms with Crippen molar-refractivity contribution < 1.29 is 8.42 Å². The van der Waals surface area contributed by atoms with Crippen LogP contribution in [0.1, 0.15) is 24.5 Å². The average Bonchev–Trinajstić information content (AvgIpc) is 2.37. The summed E-state index contributed by atoms with van der Waals surface area (Å²) in [6, 6.07) is 5.98. The highest BCUT2D eigenvalue weighted by atomic mass is 32.2. The van der Waals surface area contributed by atoms with Crippen LogP contribution in [-0.2, 0) is 22.8 Å². The molecular weight excluding hydrogens is 260 g/mol. The Morgan fingerprint density at radius 1 is 1.32 bits per heavy atom. The van der Waals surface area contributed by atoms with E-state index in [0.29, 0.717) is 18.7 Å². The fourth-order valence-electron chi connectivity index (χ4n) is 2.57. The Morgan fingerprint density at radius 3 is 2.84 bits per heavy atom. The van der Waals surface area contributed by atoms with Gasteiger partial charge in [0.1, 0.15) is 0 Å². The van der Waals surface area contributed by atoms with Gasteiger partial charge in [0.05, 0.1) is 5.75 Å². The Morgan fingerprint density at radius 2 is 2.11 bits per heavy atom. The number of rotatable bonds is 5. The van der Waals surface area contributed by atoms with Crippen LogP contribution in [0.2, 0.25) is 0 Å². The topological polar surface area (TPSA) is 63.4 Å². The van der Waals surface area contributed by atoms with Crippen LogP contribution < -0.4 is 5.73 Å². The van der Waals surface area contributed by atoms with Crippen molar-refractivity contribution in [1.29, 1.82) is 0 Å². The molecule has 5 heteroatoms. The molecule has 106 valence electrons. The zero-order valence-electron chi connectivity index (χ0n) is 11.4. The first kappa shape index (κ1) is 14.3. The minimum Gasteiger partial charge on any atom is -0.398 e. The van der Waals surface area contributed by atoms with Crippen molar-refractivity contribution >= 4 is 15.5 Å². The average molecular weight is 282 g/mol. The molecule has 0 fully saturated rings. The standard InChI is InChI=1S/C14H22N2O2S/c1-2-9-19(17,18)10-8-16-7-6-13-12(11-16)4-3-5-14(13)15/h3-5H,2,6-11,15H2,1H3. The third-order valence-electron chi connectivity index (χ3n) is 3.61. The van der Waals surface area contributed by atoms with Gasteiger partial charge in [-0.15, -0.1) is 0 Å². The van der Waals surface area contributed by atoms with Crippen LogP contribution >= 0.6 is 0 Å². The van der Waals surface area contributed by atoms with Gasteiger partial charge in [0.25, 0.3) is 0 Å². The van der Waals surface area contributed by atoms with Gasteiger partial charge in [-0.25, -0.2) is 8.42 Å². The summed E-state index contributed by atoms with van der Waals surface area (Å²) in [6.07, 6.45) is 1.61. The van der Waals surface area contributed by atoms with Crippen molar-refractivity contribution in [2.45, 2.75) is 26.3 Å². The summed E-state index contributed by atoms with van der Waals surface area (Å²) in [4.78, 5) is 2.20. The van der Waals surface area contributed by atoms with E-state index in [0.717, 1.165) is 25.2 Å². The smallest absolute Gasteiger partial charge is 0.151 e. The van der Waals surface area contributed by atoms with Crippen LogP contribution in [0.3, 0.4) is 0 Å². The van der Waals surface area contributed by atoms with Gasteiger partial charge in [-0.2, -0.15) is 0 Å². The summed E-state index contributed by atoms with van der Waals surface area (Å²) < 4.78 is 23.5. The third kappa shape index (κ3) is 3.70. The van der Waals surface area contributed by atoms with E-state index in [4.69, 9.17) is 5.73 Å². The zero-order valence-corrected chi connectivity index (χ0v) is 12.2. The van der Waals surface area contributed by atoms with E-state index in [-0.39, 0.29) is 5.75 Å². The van der Waals surface area contributed by atoms with E-state index in [9.17, 15) is 8.42 Å². The molecule has 0 amide bonds. The van der Waals surface area contributed by atoms with Crippen LogP contribution in [0.4, 0.5) is 5.69 Å². The molecule has 0 saturated carbocycles. The molecule has 0 radical (unpaired) electrons. The molecule has 0 unspecified atom stereocenters. The molecule has 0 saturated heterocycles. The van der Waals surface area contributed by atoms with Crippen molar-refractivity contribution in [2.75, 3.05) is 30.3 Å². The maximum absolute atomic E-state index is 11.7. The Balaban J connectivity index is 1.96. The van der Waals surface area contributed by atoms with Gasteiger partial charge in [-0.05, 0) is 30.0 Å². The largest absolute Gasteiger partial charge is 0.398 e. The Bertz CT molecular complexity index is 540. The number of benzene rings is 1. The normalized spacial score (nSPS) is 16.3. The van der Waals surface area contributed by atoms with Crippen LogP contribution in [0.15, 0.2) is 18.2 Å². The van der Waals surface area contributed by atoms with Gasteiger partial charge in [0, 0.05) is 31.1 Å². The van der Waals surface area contributed by atoms with Crippen molar-refractivity contribution in [3.63, 3.8) is 0 Å². The van der Waals surface area contributed by atoms with E-state index in [1.807, 2.05) is 19.1 Å². The van der Waals surface area contributed by atoms with Crippen molar-refractivity contribution in [1.82, 2.24) is 4.90 Å². The number of fused-ring (bicyclic) bond motifs is 1. The summed E-state index contributed by atoms with van der Waals surface area (Å²) >= 11 is 0. The van der Waals surface area contributed by atoms with Crippen LogP contribution in [0, 0.1) is 0 Å². The van der Waals surface area contributed by atoms with Gasteiger partial charge < -0.3 is 5.73 Å². The fraction of sp³-hybridized carbons (Fsp3) is 0.571. The molecule has 0 atom stereocenters. The lowest BCUT2D eigenvalue weighted by Crippen LogP contribution is -2.35. The lowest BCUT2D eigenvalue weighted by Gasteiger charge is -2.29. The Hall–Kier alpha value is -1.07. The minimum atomic E-state index is -2.88. The summed E-state index contributed by atoms with van der Waals surface area (Å²) in [5.74, 6) is 0.558. The summed E-state index contributed by atoms with van der Waals surface area (Å²) in [5.41, 5.74) is 9.28. The first-order valence-corrected chi connectivity index (χ1v) is 8.63. The maximum atomic E-state index is 11.7. The highest BCUT2D eigenvalue weighted by Crippen LogP contribution is 2.23. The van der Waals surface area contributed by atoms with E-state index < -0.39 is 9.84 Å². The number of hydrogen-bond acceptors (Lipinski definition) is 4. The second kappa shape index (κ2) is 5.92. The molecule has 1 aromatic carbocycles. The van der Waals surface area contributed by atoms with E-state index >= 15 is 0 Å². The lowest BCUT2D eigenvalue weighted by molar-refractivity contribution is 0.269. The van der Waals surface area contributed by atoms with Gasteiger partial charge >= 0.3 is 0 Å². The number of anilines is 1. The number of nitrogen functional groups attached to an aromatic ring is 1. The molecule has 0 spiro atoms. The molecule has 1 aliphatic heterocycles. The molecule has 1 heterocycles. The van der Waals surface area contributed by atoms with Gasteiger partial charge in [0.2, 0.25) is 0 Å². The van der Waals surface area contributed by atoms with Crippen molar-refractivity contribution in [3.8, 4) is 0 Å². The monoisotopic (exact) mass is 282 g/mol. The number of nitrogens with two attached hydrogens (primary N) is 1. The minimum absolute atomic E-state index is 0.262. The Labute approximate surface area is 115 Å². The third-order valence-corrected chi connectivity index (χ3v) is 5.45. The lowest BCUT2D eigenvalue weighted by atomic mass is 9.98. The SMILES string of the molecule is CCCS(=O)(=O)CCN1CCc2c(N)cccc2C1. The van der Waals surface area contributed by atoms with E-state index in [1.54, 1.807) is 0 Å². The highest BCUT2D eigenvalue weighted by molar-refractivity contribution is 7.91. The molecule has 1 aromatic rings. The molecular formula is C14H22N2O2S. The predicted molar refractivity (Wildman–Crippen MR) is 78.8 cm³/mol. The molecule has 2 N–H and O–H groups in total. The first-order chi connectivity index (χ1) is 9.02. The van der Waals surface area contributed by atoms with Gasteiger partial charge in [-0.1, -0.05) is 19.1 Å². The van der Waals surface area contributed by atoms with Gasteiger partial charge in [0.15, 0.2) is 9.84 Å². The molecule has 19 heavy (non-hydrogen) atoms. The van der Waals surface area contributed by atoms with Crippen LogP contribution in [0.5, 0.6) is 0 Å². The number of sulfone groups is 1. The summed E-state index contributed by atoms with van der Waals surface area (Å²) in [6.45, 7) is 4.22. The molecule has 0 bridgehead atoms.